The molecule has 0 aromatic carbocycles. The van der Waals surface area contributed by atoms with Crippen LogP contribution in [0.2, 0.25) is 0 Å². The van der Waals surface area contributed by atoms with Crippen molar-refractivity contribution in [1.82, 2.24) is 9.97 Å². The summed E-state index contributed by atoms with van der Waals surface area (Å²) in [5, 5.41) is 6.89. The third-order valence-electron chi connectivity index (χ3n) is 4.33. The third kappa shape index (κ3) is 4.30. The van der Waals surface area contributed by atoms with Crippen molar-refractivity contribution in [2.24, 2.45) is 0 Å². The second-order valence-electron chi connectivity index (χ2n) is 6.21. The lowest BCUT2D eigenvalue weighted by Gasteiger charge is -2.23. The van der Waals surface area contributed by atoms with Crippen molar-refractivity contribution >= 4 is 11.8 Å². The topological polar surface area (TPSA) is 59.1 Å². The molecule has 21 heavy (non-hydrogen) atoms. The van der Waals surface area contributed by atoms with Gasteiger partial charge in [-0.05, 0) is 32.6 Å². The van der Waals surface area contributed by atoms with Gasteiger partial charge >= 0.3 is 0 Å². The summed E-state index contributed by atoms with van der Waals surface area (Å²) in [6.07, 6.45) is 9.09. The Balaban J connectivity index is 1.58. The van der Waals surface area contributed by atoms with Gasteiger partial charge in [-0.15, -0.1) is 0 Å². The lowest BCUT2D eigenvalue weighted by molar-refractivity contribution is 0.120. The van der Waals surface area contributed by atoms with Crippen molar-refractivity contribution in [3.63, 3.8) is 0 Å². The second-order valence-corrected chi connectivity index (χ2v) is 6.21. The highest BCUT2D eigenvalue weighted by atomic mass is 16.5. The van der Waals surface area contributed by atoms with Gasteiger partial charge in [-0.2, -0.15) is 4.98 Å². The summed E-state index contributed by atoms with van der Waals surface area (Å²) in [7, 11) is 0. The van der Waals surface area contributed by atoms with Crippen molar-refractivity contribution in [1.29, 1.82) is 0 Å². The smallest absolute Gasteiger partial charge is 0.225 e. The molecule has 5 heteroatoms. The van der Waals surface area contributed by atoms with E-state index >= 15 is 0 Å². The highest BCUT2D eigenvalue weighted by Crippen LogP contribution is 2.21. The molecule has 2 N–H and O–H groups in total. The molecule has 2 aliphatic rings. The lowest BCUT2D eigenvalue weighted by atomic mass is 9.96. The Morgan fingerprint density at radius 1 is 1.14 bits per heavy atom. The molecule has 0 radical (unpaired) electrons. The molecule has 1 aromatic rings. The Hall–Kier alpha value is -1.36. The Labute approximate surface area is 126 Å². The molecule has 1 saturated carbocycles. The Morgan fingerprint density at radius 3 is 2.76 bits per heavy atom. The van der Waals surface area contributed by atoms with Crippen LogP contribution in [-0.4, -0.2) is 35.3 Å². The molecule has 5 nitrogen and oxygen atoms in total. The first-order chi connectivity index (χ1) is 10.3. The van der Waals surface area contributed by atoms with E-state index in [1.807, 2.05) is 13.0 Å². The third-order valence-corrected chi connectivity index (χ3v) is 4.33. The second kappa shape index (κ2) is 7.07. The van der Waals surface area contributed by atoms with E-state index in [0.717, 1.165) is 37.0 Å². The van der Waals surface area contributed by atoms with E-state index in [4.69, 9.17) is 4.74 Å². The Kier molecular flexibility index (Phi) is 4.91. The zero-order valence-corrected chi connectivity index (χ0v) is 12.9. The van der Waals surface area contributed by atoms with Gasteiger partial charge in [0.1, 0.15) is 5.82 Å². The minimum Gasteiger partial charge on any atom is -0.376 e. The first kappa shape index (κ1) is 14.6. The number of ether oxygens (including phenoxy) is 1. The molecule has 2 heterocycles. The fraction of sp³-hybridized carbons (Fsp3) is 0.750. The maximum absolute atomic E-state index is 5.64. The number of hydrogen-bond donors (Lipinski definition) is 2. The molecule has 1 atom stereocenters. The van der Waals surface area contributed by atoms with Gasteiger partial charge in [0.25, 0.3) is 0 Å². The van der Waals surface area contributed by atoms with Crippen LogP contribution >= 0.6 is 0 Å². The number of anilines is 2. The summed E-state index contributed by atoms with van der Waals surface area (Å²) in [5.74, 6) is 1.66. The maximum Gasteiger partial charge on any atom is 0.225 e. The molecular formula is C16H26N4O. The molecule has 0 amide bonds. The van der Waals surface area contributed by atoms with E-state index in [-0.39, 0.29) is 0 Å². The standard InChI is InChI=1S/C16H26N4O/c1-12-10-15(17-11-14-8-5-9-21-14)20-16(18-12)19-13-6-3-2-4-7-13/h10,13-14H,2-9,11H2,1H3,(H2,17,18,19,20). The molecule has 3 rings (SSSR count). The van der Waals surface area contributed by atoms with E-state index in [1.165, 1.54) is 38.5 Å². The SMILES string of the molecule is Cc1cc(NCC2CCCO2)nc(NC2CCCCC2)n1. The molecule has 0 spiro atoms. The number of aryl methyl sites for hydroxylation is 1. The first-order valence-corrected chi connectivity index (χ1v) is 8.27. The van der Waals surface area contributed by atoms with Crippen molar-refractivity contribution in [3.8, 4) is 0 Å². The van der Waals surface area contributed by atoms with E-state index < -0.39 is 0 Å². The molecule has 1 aromatic heterocycles. The summed E-state index contributed by atoms with van der Waals surface area (Å²) in [4.78, 5) is 9.11. The van der Waals surface area contributed by atoms with Crippen molar-refractivity contribution in [3.05, 3.63) is 11.8 Å². The van der Waals surface area contributed by atoms with Gasteiger partial charge in [0.2, 0.25) is 5.95 Å². The summed E-state index contributed by atoms with van der Waals surface area (Å²) in [6.45, 7) is 3.74. The van der Waals surface area contributed by atoms with Gasteiger partial charge in [0, 0.05) is 31.0 Å². The zero-order valence-electron chi connectivity index (χ0n) is 12.9. The molecule has 116 valence electrons. The Morgan fingerprint density at radius 2 is 2.00 bits per heavy atom. The fourth-order valence-electron chi connectivity index (χ4n) is 3.18. The number of aromatic nitrogens is 2. The van der Waals surface area contributed by atoms with Gasteiger partial charge in [-0.25, -0.2) is 4.98 Å². The van der Waals surface area contributed by atoms with E-state index in [0.29, 0.717) is 12.1 Å². The van der Waals surface area contributed by atoms with Crippen LogP contribution in [0.3, 0.4) is 0 Å². The lowest BCUT2D eigenvalue weighted by Crippen LogP contribution is -2.24. The first-order valence-electron chi connectivity index (χ1n) is 8.27. The minimum atomic E-state index is 0.329. The molecule has 1 unspecified atom stereocenters. The highest BCUT2D eigenvalue weighted by molar-refractivity contribution is 5.42. The normalized spacial score (nSPS) is 23.2. The predicted molar refractivity (Wildman–Crippen MR) is 84.7 cm³/mol. The van der Waals surface area contributed by atoms with Crippen molar-refractivity contribution < 1.29 is 4.74 Å². The average molecular weight is 290 g/mol. The minimum absolute atomic E-state index is 0.329. The Bertz CT molecular complexity index is 454. The van der Waals surface area contributed by atoms with Gasteiger partial charge < -0.3 is 15.4 Å². The van der Waals surface area contributed by atoms with Crippen molar-refractivity contribution in [2.45, 2.75) is 64.0 Å². The average Bonchev–Trinajstić information content (AvgIpc) is 2.99. The molecule has 1 aliphatic carbocycles. The summed E-state index contributed by atoms with van der Waals surface area (Å²) in [5.41, 5.74) is 0.998. The number of nitrogens with zero attached hydrogens (tertiary/aromatic N) is 2. The van der Waals surface area contributed by atoms with Crippen LogP contribution in [0.1, 0.15) is 50.6 Å². The van der Waals surface area contributed by atoms with Gasteiger partial charge in [0.15, 0.2) is 0 Å². The van der Waals surface area contributed by atoms with Crippen LogP contribution in [0.4, 0.5) is 11.8 Å². The van der Waals surface area contributed by atoms with Gasteiger partial charge in [-0.3, -0.25) is 0 Å². The summed E-state index contributed by atoms with van der Waals surface area (Å²) >= 11 is 0. The van der Waals surface area contributed by atoms with Crippen molar-refractivity contribution in [2.75, 3.05) is 23.8 Å². The quantitative estimate of drug-likeness (QED) is 0.872. The molecule has 1 aliphatic heterocycles. The van der Waals surface area contributed by atoms with Crippen LogP contribution in [0.25, 0.3) is 0 Å². The highest BCUT2D eigenvalue weighted by Gasteiger charge is 2.16. The van der Waals surface area contributed by atoms with Crippen LogP contribution in [0, 0.1) is 6.92 Å². The molecular weight excluding hydrogens is 264 g/mol. The zero-order chi connectivity index (χ0) is 14.5. The molecule has 2 fully saturated rings. The van der Waals surface area contributed by atoms with Crippen LogP contribution in [-0.2, 0) is 4.74 Å². The van der Waals surface area contributed by atoms with E-state index in [2.05, 4.69) is 20.6 Å². The summed E-state index contributed by atoms with van der Waals surface area (Å²) < 4.78 is 5.64. The van der Waals surface area contributed by atoms with E-state index in [1.54, 1.807) is 0 Å². The van der Waals surface area contributed by atoms with Crippen LogP contribution in [0.15, 0.2) is 6.07 Å². The van der Waals surface area contributed by atoms with E-state index in [9.17, 15) is 0 Å². The number of hydrogen-bond acceptors (Lipinski definition) is 5. The van der Waals surface area contributed by atoms with Gasteiger partial charge in [-0.1, -0.05) is 19.3 Å². The van der Waals surface area contributed by atoms with Crippen LogP contribution in [0.5, 0.6) is 0 Å². The molecule has 1 saturated heterocycles. The largest absolute Gasteiger partial charge is 0.376 e. The maximum atomic E-state index is 5.64. The summed E-state index contributed by atoms with van der Waals surface area (Å²) in [6, 6.07) is 2.53. The number of nitrogens with one attached hydrogen (secondary N) is 2. The monoisotopic (exact) mass is 290 g/mol. The van der Waals surface area contributed by atoms with Crippen LogP contribution < -0.4 is 10.6 Å². The number of rotatable bonds is 5. The predicted octanol–water partition coefficient (Wildman–Crippen LogP) is 3.12. The molecule has 0 bridgehead atoms. The fourth-order valence-corrected chi connectivity index (χ4v) is 3.18. The van der Waals surface area contributed by atoms with Gasteiger partial charge in [0.05, 0.1) is 6.10 Å².